The molecular formula is C21H25NO7. The SMILES string of the molecule is CO[C@H]1OC[C@@H](OCc2ccccc2)[C@@H](OCc2ccccc2)[C@@H]1C[N+]1([O-])OO1. The molecule has 0 spiro atoms. The van der Waals surface area contributed by atoms with Gasteiger partial charge in [0.1, 0.15) is 6.10 Å². The number of hydrogen-bond donors (Lipinski definition) is 0. The van der Waals surface area contributed by atoms with Gasteiger partial charge < -0.3 is 24.2 Å². The summed E-state index contributed by atoms with van der Waals surface area (Å²) in [5.41, 5.74) is 2.07. The van der Waals surface area contributed by atoms with Crippen molar-refractivity contribution in [2.75, 3.05) is 20.3 Å². The third-order valence-electron chi connectivity index (χ3n) is 5.06. The maximum Gasteiger partial charge on any atom is 0.168 e. The minimum absolute atomic E-state index is 0.0246. The summed E-state index contributed by atoms with van der Waals surface area (Å²) in [6.45, 7) is 1.06. The molecule has 0 aromatic heterocycles. The number of benzene rings is 2. The molecule has 29 heavy (non-hydrogen) atoms. The monoisotopic (exact) mass is 403 g/mol. The second kappa shape index (κ2) is 9.29. The molecule has 0 amide bonds. The fraction of sp³-hybridized carbons (Fsp3) is 0.429. The average Bonchev–Trinajstić information content (AvgIpc) is 3.49. The standard InChI is InChI=1S/C21H25NO7/c1-24-21-18(12-22(23)28-29-22)20(26-14-17-10-6-3-7-11-17)19(15-27-21)25-13-16-8-4-2-5-9-16/h2-11,18-21H,12-15H2,1H3/t18-,19+,20-,21-/m0/s1. The smallest absolute Gasteiger partial charge is 0.168 e. The molecule has 8 heteroatoms. The van der Waals surface area contributed by atoms with E-state index in [4.69, 9.17) is 18.9 Å². The van der Waals surface area contributed by atoms with E-state index < -0.39 is 23.3 Å². The lowest BCUT2D eigenvalue weighted by Gasteiger charge is -2.41. The molecular weight excluding hydrogens is 378 g/mol. The molecule has 0 unspecified atom stereocenters. The van der Waals surface area contributed by atoms with Crippen molar-refractivity contribution in [3.63, 3.8) is 0 Å². The molecule has 0 bridgehead atoms. The Morgan fingerprint density at radius 2 is 1.52 bits per heavy atom. The Labute approximate surface area is 169 Å². The Morgan fingerprint density at radius 1 is 0.931 bits per heavy atom. The Bertz CT molecular complexity index is 756. The quantitative estimate of drug-likeness (QED) is 0.275. The van der Waals surface area contributed by atoms with Crippen LogP contribution in [0.5, 0.6) is 0 Å². The van der Waals surface area contributed by atoms with Gasteiger partial charge in [-0.25, -0.2) is 0 Å². The Balaban J connectivity index is 1.49. The maximum atomic E-state index is 12.1. The average molecular weight is 403 g/mol. The van der Waals surface area contributed by atoms with Gasteiger partial charge in [-0.05, 0) is 11.1 Å². The largest absolute Gasteiger partial charge is 0.559 e. The van der Waals surface area contributed by atoms with E-state index in [0.717, 1.165) is 11.1 Å². The van der Waals surface area contributed by atoms with Crippen LogP contribution in [0.15, 0.2) is 60.7 Å². The zero-order chi connectivity index (χ0) is 20.1. The lowest BCUT2D eigenvalue weighted by molar-refractivity contribution is -0.936. The fourth-order valence-electron chi connectivity index (χ4n) is 3.55. The van der Waals surface area contributed by atoms with E-state index in [-0.39, 0.29) is 12.6 Å². The zero-order valence-electron chi connectivity index (χ0n) is 16.2. The van der Waals surface area contributed by atoms with Crippen molar-refractivity contribution in [1.29, 1.82) is 0 Å². The molecule has 2 aliphatic rings. The summed E-state index contributed by atoms with van der Waals surface area (Å²) in [5.74, 6) is -0.432. The summed E-state index contributed by atoms with van der Waals surface area (Å²) in [5, 5.41) is 12.1. The number of rotatable bonds is 9. The predicted octanol–water partition coefficient (Wildman–Crippen LogP) is 2.88. The highest BCUT2D eigenvalue weighted by Crippen LogP contribution is 2.35. The number of hydrogen-bond acceptors (Lipinski definition) is 7. The molecule has 0 aliphatic carbocycles. The van der Waals surface area contributed by atoms with Gasteiger partial charge in [-0.2, -0.15) is 0 Å². The molecule has 0 N–H and O–H groups in total. The van der Waals surface area contributed by atoms with Gasteiger partial charge >= 0.3 is 0 Å². The predicted molar refractivity (Wildman–Crippen MR) is 101 cm³/mol. The van der Waals surface area contributed by atoms with Crippen molar-refractivity contribution in [1.82, 2.24) is 0 Å². The first-order valence-corrected chi connectivity index (χ1v) is 9.59. The summed E-state index contributed by atoms with van der Waals surface area (Å²) in [7, 11) is 1.54. The number of methoxy groups -OCH3 is 1. The van der Waals surface area contributed by atoms with Crippen molar-refractivity contribution in [3.05, 3.63) is 77.0 Å². The van der Waals surface area contributed by atoms with Crippen LogP contribution in [-0.4, -0.2) is 43.7 Å². The van der Waals surface area contributed by atoms with Crippen molar-refractivity contribution in [2.24, 2.45) is 5.92 Å². The number of nitrogens with zero attached hydrogens (tertiary/aromatic N) is 1. The molecule has 2 aliphatic heterocycles. The van der Waals surface area contributed by atoms with Gasteiger partial charge in [-0.15, -0.1) is 0 Å². The van der Waals surface area contributed by atoms with Crippen molar-refractivity contribution >= 4 is 0 Å². The third kappa shape index (κ3) is 5.39. The van der Waals surface area contributed by atoms with Crippen LogP contribution < -0.4 is 0 Å². The molecule has 2 saturated heterocycles. The first-order valence-electron chi connectivity index (χ1n) is 9.59. The first kappa shape index (κ1) is 20.4. The van der Waals surface area contributed by atoms with Crippen LogP contribution in [0.1, 0.15) is 11.1 Å². The van der Waals surface area contributed by atoms with Gasteiger partial charge in [0.05, 0.1) is 41.8 Å². The van der Waals surface area contributed by atoms with E-state index in [1.54, 1.807) is 0 Å². The summed E-state index contributed by atoms with van der Waals surface area (Å²) < 4.78 is 23.6. The molecule has 4 atom stereocenters. The Kier molecular flexibility index (Phi) is 6.53. The Hall–Kier alpha value is -1.88. The van der Waals surface area contributed by atoms with E-state index in [2.05, 4.69) is 9.98 Å². The molecule has 8 nitrogen and oxygen atoms in total. The molecule has 2 heterocycles. The van der Waals surface area contributed by atoms with E-state index >= 15 is 0 Å². The van der Waals surface area contributed by atoms with Gasteiger partial charge in [-0.1, -0.05) is 60.7 Å². The van der Waals surface area contributed by atoms with Crippen LogP contribution in [0.2, 0.25) is 0 Å². The summed E-state index contributed by atoms with van der Waals surface area (Å²) in [6.07, 6.45) is -1.43. The van der Waals surface area contributed by atoms with E-state index in [9.17, 15) is 5.21 Å². The fourth-order valence-corrected chi connectivity index (χ4v) is 3.55. The maximum absolute atomic E-state index is 12.1. The van der Waals surface area contributed by atoms with Crippen molar-refractivity contribution < 1.29 is 33.9 Å². The van der Waals surface area contributed by atoms with Gasteiger partial charge in [0.15, 0.2) is 12.8 Å². The third-order valence-corrected chi connectivity index (χ3v) is 5.06. The second-order valence-electron chi connectivity index (χ2n) is 7.14. The van der Waals surface area contributed by atoms with E-state index in [1.807, 2.05) is 60.7 Å². The minimum Gasteiger partial charge on any atom is -0.559 e. The molecule has 4 rings (SSSR count). The highest BCUT2D eigenvalue weighted by molar-refractivity contribution is 5.14. The van der Waals surface area contributed by atoms with Gasteiger partial charge in [-0.3, -0.25) is 0 Å². The number of hydroxylamine groups is 3. The molecule has 2 aromatic carbocycles. The molecule has 0 saturated carbocycles. The van der Waals surface area contributed by atoms with Crippen molar-refractivity contribution in [3.8, 4) is 0 Å². The van der Waals surface area contributed by atoms with E-state index in [0.29, 0.717) is 19.8 Å². The second-order valence-corrected chi connectivity index (χ2v) is 7.14. The van der Waals surface area contributed by atoms with Crippen LogP contribution in [0.25, 0.3) is 0 Å². The normalized spacial score (nSPS) is 28.2. The van der Waals surface area contributed by atoms with Crippen LogP contribution in [0.3, 0.4) is 0 Å². The first-order chi connectivity index (χ1) is 14.2. The molecule has 156 valence electrons. The van der Waals surface area contributed by atoms with Crippen LogP contribution in [-0.2, 0) is 42.1 Å². The highest BCUT2D eigenvalue weighted by Gasteiger charge is 2.53. The van der Waals surface area contributed by atoms with Crippen LogP contribution in [0.4, 0.5) is 0 Å². The van der Waals surface area contributed by atoms with Crippen LogP contribution in [0, 0.1) is 11.1 Å². The summed E-state index contributed by atoms with van der Waals surface area (Å²) in [4.78, 5) is 7.88. The Morgan fingerprint density at radius 3 is 2.07 bits per heavy atom. The molecule has 2 fully saturated rings. The molecule has 0 radical (unpaired) electrons. The topological polar surface area (TPSA) is 85.0 Å². The summed E-state index contributed by atoms with van der Waals surface area (Å²) >= 11 is 0. The van der Waals surface area contributed by atoms with Gasteiger partial charge in [0.25, 0.3) is 0 Å². The lowest BCUT2D eigenvalue weighted by atomic mass is 9.94. The van der Waals surface area contributed by atoms with E-state index in [1.165, 1.54) is 7.11 Å². The number of quaternary nitrogens is 1. The van der Waals surface area contributed by atoms with Gasteiger partial charge in [0.2, 0.25) is 0 Å². The highest BCUT2D eigenvalue weighted by atomic mass is 17.7. The number of ether oxygens (including phenoxy) is 4. The van der Waals surface area contributed by atoms with Crippen LogP contribution >= 0.6 is 0 Å². The minimum atomic E-state index is -1.20. The molecule has 2 aromatic rings. The van der Waals surface area contributed by atoms with Crippen molar-refractivity contribution in [2.45, 2.75) is 31.7 Å². The van der Waals surface area contributed by atoms with Gasteiger partial charge in [0, 0.05) is 12.1 Å². The summed E-state index contributed by atoms with van der Waals surface area (Å²) in [6, 6.07) is 19.7. The zero-order valence-corrected chi connectivity index (χ0v) is 16.2. The lowest BCUT2D eigenvalue weighted by Crippen LogP contribution is -2.55.